The second-order valence-corrected chi connectivity index (χ2v) is 5.64. The normalized spacial score (nSPS) is 39.0. The smallest absolute Gasteiger partial charge is 0.0311 e. The van der Waals surface area contributed by atoms with Crippen LogP contribution in [0.2, 0.25) is 0 Å². The van der Waals surface area contributed by atoms with E-state index in [0.29, 0.717) is 6.04 Å². The molecule has 0 heterocycles. The van der Waals surface area contributed by atoms with Crippen LogP contribution in [0.5, 0.6) is 0 Å². The van der Waals surface area contributed by atoms with E-state index in [1.807, 2.05) is 0 Å². The average molecular weight is 198 g/mol. The summed E-state index contributed by atoms with van der Waals surface area (Å²) in [6, 6.07) is 0.538. The summed E-state index contributed by atoms with van der Waals surface area (Å²) >= 11 is 0. The predicted octanol–water partition coefficient (Wildman–Crippen LogP) is 2.14. The van der Waals surface area contributed by atoms with Gasteiger partial charge in [-0.3, -0.25) is 0 Å². The molecule has 1 saturated carbocycles. The molecule has 0 radical (unpaired) electrons. The van der Waals surface area contributed by atoms with Crippen LogP contribution in [0.4, 0.5) is 0 Å². The van der Waals surface area contributed by atoms with E-state index in [0.717, 1.165) is 18.4 Å². The molecule has 2 unspecified atom stereocenters. The van der Waals surface area contributed by atoms with Crippen LogP contribution < -0.4 is 11.1 Å². The molecule has 1 rings (SSSR count). The molecule has 2 nitrogen and oxygen atoms in total. The van der Waals surface area contributed by atoms with Crippen LogP contribution in [0.1, 0.15) is 47.0 Å². The van der Waals surface area contributed by atoms with Gasteiger partial charge in [-0.25, -0.2) is 0 Å². The zero-order valence-corrected chi connectivity index (χ0v) is 10.1. The van der Waals surface area contributed by atoms with Gasteiger partial charge in [0, 0.05) is 18.1 Å². The van der Waals surface area contributed by atoms with Crippen molar-refractivity contribution in [2.24, 2.45) is 17.6 Å². The quantitative estimate of drug-likeness (QED) is 0.729. The molecule has 0 aromatic carbocycles. The van der Waals surface area contributed by atoms with E-state index >= 15 is 0 Å². The first kappa shape index (κ1) is 12.0. The summed E-state index contributed by atoms with van der Waals surface area (Å²) in [6.45, 7) is 9.90. The lowest BCUT2D eigenvalue weighted by molar-refractivity contribution is 0.141. The summed E-state index contributed by atoms with van der Waals surface area (Å²) in [5, 5.41) is 3.68. The maximum atomic E-state index is 5.95. The molecule has 0 amide bonds. The maximum absolute atomic E-state index is 5.95. The number of nitrogens with two attached hydrogens (primary N) is 1. The summed E-state index contributed by atoms with van der Waals surface area (Å²) in [7, 11) is 0. The molecule has 1 fully saturated rings. The Morgan fingerprint density at radius 1 is 1.29 bits per heavy atom. The standard InChI is InChI=1S/C12H26N2/c1-9(2)14-12(8-13)6-10(3)5-11(4)7-12/h9-11,14H,5-8,13H2,1-4H3. The van der Waals surface area contributed by atoms with Gasteiger partial charge in [0.2, 0.25) is 0 Å². The van der Waals surface area contributed by atoms with E-state index in [-0.39, 0.29) is 5.54 Å². The van der Waals surface area contributed by atoms with E-state index in [1.54, 1.807) is 0 Å². The van der Waals surface area contributed by atoms with Crippen molar-refractivity contribution in [2.45, 2.75) is 58.5 Å². The van der Waals surface area contributed by atoms with Crippen LogP contribution in [0.25, 0.3) is 0 Å². The molecule has 0 saturated heterocycles. The molecule has 0 aromatic heterocycles. The Labute approximate surface area is 88.6 Å². The minimum absolute atomic E-state index is 0.214. The fourth-order valence-electron chi connectivity index (χ4n) is 3.23. The Bertz CT molecular complexity index is 162. The molecule has 2 heteroatoms. The van der Waals surface area contributed by atoms with Crippen LogP contribution in [-0.4, -0.2) is 18.1 Å². The SMILES string of the molecule is CC1CC(C)CC(CN)(NC(C)C)C1. The van der Waals surface area contributed by atoms with Crippen LogP contribution in [-0.2, 0) is 0 Å². The van der Waals surface area contributed by atoms with Gasteiger partial charge in [0.15, 0.2) is 0 Å². The molecular formula is C12H26N2. The van der Waals surface area contributed by atoms with Crippen molar-refractivity contribution in [3.63, 3.8) is 0 Å². The molecule has 1 aliphatic carbocycles. The third-order valence-corrected chi connectivity index (χ3v) is 3.27. The van der Waals surface area contributed by atoms with Gasteiger partial charge in [0.1, 0.15) is 0 Å². The van der Waals surface area contributed by atoms with Crippen molar-refractivity contribution in [3.05, 3.63) is 0 Å². The third-order valence-electron chi connectivity index (χ3n) is 3.27. The van der Waals surface area contributed by atoms with Crippen LogP contribution in [0, 0.1) is 11.8 Å². The fourth-order valence-corrected chi connectivity index (χ4v) is 3.23. The molecule has 1 aliphatic rings. The van der Waals surface area contributed by atoms with Crippen LogP contribution >= 0.6 is 0 Å². The Hall–Kier alpha value is -0.0800. The minimum Gasteiger partial charge on any atom is -0.329 e. The lowest BCUT2D eigenvalue weighted by Crippen LogP contribution is -2.57. The van der Waals surface area contributed by atoms with Crippen LogP contribution in [0.15, 0.2) is 0 Å². The van der Waals surface area contributed by atoms with Gasteiger partial charge in [-0.1, -0.05) is 27.7 Å². The van der Waals surface area contributed by atoms with Gasteiger partial charge >= 0.3 is 0 Å². The highest BCUT2D eigenvalue weighted by Crippen LogP contribution is 2.35. The molecular weight excluding hydrogens is 172 g/mol. The highest BCUT2D eigenvalue weighted by molar-refractivity contribution is 4.96. The van der Waals surface area contributed by atoms with Crippen molar-refractivity contribution in [3.8, 4) is 0 Å². The Morgan fingerprint density at radius 3 is 2.14 bits per heavy atom. The first-order valence-electron chi connectivity index (χ1n) is 5.95. The molecule has 2 atom stereocenters. The van der Waals surface area contributed by atoms with Gasteiger partial charge in [-0.05, 0) is 31.1 Å². The molecule has 14 heavy (non-hydrogen) atoms. The monoisotopic (exact) mass is 198 g/mol. The average Bonchev–Trinajstić information content (AvgIpc) is 2.00. The second kappa shape index (κ2) is 4.63. The van der Waals surface area contributed by atoms with E-state index in [9.17, 15) is 0 Å². The first-order chi connectivity index (χ1) is 6.47. The second-order valence-electron chi connectivity index (χ2n) is 5.64. The van der Waals surface area contributed by atoms with E-state index < -0.39 is 0 Å². The summed E-state index contributed by atoms with van der Waals surface area (Å²) in [5.74, 6) is 1.63. The molecule has 3 N–H and O–H groups in total. The lowest BCUT2D eigenvalue weighted by atomic mass is 9.71. The van der Waals surface area contributed by atoms with Crippen molar-refractivity contribution < 1.29 is 0 Å². The Kier molecular flexibility index (Phi) is 3.96. The number of hydrogen-bond acceptors (Lipinski definition) is 2. The maximum Gasteiger partial charge on any atom is 0.0311 e. The molecule has 0 spiro atoms. The molecule has 84 valence electrons. The van der Waals surface area contributed by atoms with Crippen molar-refractivity contribution >= 4 is 0 Å². The predicted molar refractivity (Wildman–Crippen MR) is 62.2 cm³/mol. The number of nitrogens with one attached hydrogen (secondary N) is 1. The largest absolute Gasteiger partial charge is 0.329 e. The third kappa shape index (κ3) is 2.96. The highest BCUT2D eigenvalue weighted by Gasteiger charge is 2.36. The highest BCUT2D eigenvalue weighted by atomic mass is 15.0. The molecule has 0 aromatic rings. The van der Waals surface area contributed by atoms with Crippen molar-refractivity contribution in [2.75, 3.05) is 6.54 Å². The van der Waals surface area contributed by atoms with Gasteiger partial charge in [0.25, 0.3) is 0 Å². The Balaban J connectivity index is 2.66. The summed E-state index contributed by atoms with van der Waals surface area (Å²) < 4.78 is 0. The summed E-state index contributed by atoms with van der Waals surface area (Å²) in [5.41, 5.74) is 6.16. The van der Waals surface area contributed by atoms with Crippen molar-refractivity contribution in [1.29, 1.82) is 0 Å². The minimum atomic E-state index is 0.214. The van der Waals surface area contributed by atoms with Gasteiger partial charge < -0.3 is 11.1 Å². The topological polar surface area (TPSA) is 38.0 Å². The zero-order valence-electron chi connectivity index (χ0n) is 10.1. The zero-order chi connectivity index (χ0) is 10.8. The first-order valence-corrected chi connectivity index (χ1v) is 5.95. The number of hydrogen-bond donors (Lipinski definition) is 2. The van der Waals surface area contributed by atoms with Gasteiger partial charge in [-0.15, -0.1) is 0 Å². The molecule has 0 bridgehead atoms. The summed E-state index contributed by atoms with van der Waals surface area (Å²) in [4.78, 5) is 0. The van der Waals surface area contributed by atoms with Crippen molar-refractivity contribution in [1.82, 2.24) is 5.32 Å². The number of rotatable bonds is 3. The fraction of sp³-hybridized carbons (Fsp3) is 1.00. The lowest BCUT2D eigenvalue weighted by Gasteiger charge is -2.44. The van der Waals surface area contributed by atoms with E-state index in [1.165, 1.54) is 19.3 Å². The van der Waals surface area contributed by atoms with Gasteiger partial charge in [0.05, 0.1) is 0 Å². The van der Waals surface area contributed by atoms with Gasteiger partial charge in [-0.2, -0.15) is 0 Å². The van der Waals surface area contributed by atoms with E-state index in [2.05, 4.69) is 33.0 Å². The van der Waals surface area contributed by atoms with Crippen LogP contribution in [0.3, 0.4) is 0 Å². The summed E-state index contributed by atoms with van der Waals surface area (Å²) in [6.07, 6.45) is 3.85. The Morgan fingerprint density at radius 2 is 1.79 bits per heavy atom. The molecule has 0 aliphatic heterocycles. The van der Waals surface area contributed by atoms with E-state index in [4.69, 9.17) is 5.73 Å².